The summed E-state index contributed by atoms with van der Waals surface area (Å²) in [5, 5.41) is 0.863. The van der Waals surface area contributed by atoms with Gasteiger partial charge in [0.25, 0.3) is 0 Å². The third-order valence-electron chi connectivity index (χ3n) is 5.57. The van der Waals surface area contributed by atoms with Gasteiger partial charge in [-0.2, -0.15) is 0 Å². The number of hydrogen-bond donors (Lipinski definition) is 0. The molecule has 1 aliphatic rings. The number of esters is 1. The molecule has 0 unspecified atom stereocenters. The number of pyridine rings is 1. The van der Waals surface area contributed by atoms with Gasteiger partial charge in [-0.25, -0.2) is 4.79 Å². The van der Waals surface area contributed by atoms with Crippen LogP contribution in [0.5, 0.6) is 11.5 Å². The molecule has 0 radical (unpaired) electrons. The normalized spacial score (nSPS) is 13.1. The van der Waals surface area contributed by atoms with Gasteiger partial charge in [0.15, 0.2) is 11.5 Å². The number of para-hydroxylation sites is 1. The van der Waals surface area contributed by atoms with E-state index >= 15 is 0 Å². The van der Waals surface area contributed by atoms with E-state index in [9.17, 15) is 4.79 Å². The Bertz CT molecular complexity index is 1070. The highest BCUT2D eigenvalue weighted by molar-refractivity contribution is 6.05. The van der Waals surface area contributed by atoms with Crippen LogP contribution in [0.15, 0.2) is 36.4 Å². The van der Waals surface area contributed by atoms with Gasteiger partial charge in [0, 0.05) is 11.1 Å². The van der Waals surface area contributed by atoms with Crippen molar-refractivity contribution >= 4 is 16.9 Å². The molecule has 150 valence electrons. The summed E-state index contributed by atoms with van der Waals surface area (Å²) in [7, 11) is 3.20. The van der Waals surface area contributed by atoms with Gasteiger partial charge in [-0.3, -0.25) is 4.98 Å². The maximum absolute atomic E-state index is 13.2. The molecule has 1 heterocycles. The number of carbonyl (C=O) groups excluding carboxylic acids is 1. The molecule has 0 spiro atoms. The highest BCUT2D eigenvalue weighted by atomic mass is 16.5. The molecule has 1 aliphatic carbocycles. The van der Waals surface area contributed by atoms with E-state index in [2.05, 4.69) is 0 Å². The van der Waals surface area contributed by atoms with Crippen molar-refractivity contribution in [1.29, 1.82) is 0 Å². The Morgan fingerprint density at radius 2 is 1.76 bits per heavy atom. The van der Waals surface area contributed by atoms with E-state index in [1.165, 1.54) is 0 Å². The molecule has 0 amide bonds. The fraction of sp³-hybridized carbons (Fsp3) is 0.333. The zero-order chi connectivity index (χ0) is 20.4. The number of carbonyl (C=O) groups is 1. The number of fused-ring (bicyclic) bond motifs is 2. The molecule has 4 rings (SSSR count). The molecule has 0 saturated carbocycles. The fourth-order valence-electron chi connectivity index (χ4n) is 4.00. The van der Waals surface area contributed by atoms with Gasteiger partial charge in [0.05, 0.1) is 25.3 Å². The molecular formula is C24H25NO4. The van der Waals surface area contributed by atoms with E-state index < -0.39 is 0 Å². The molecule has 3 aromatic rings. The van der Waals surface area contributed by atoms with E-state index in [0.717, 1.165) is 59.0 Å². The lowest BCUT2D eigenvalue weighted by Crippen LogP contribution is -2.16. The highest BCUT2D eigenvalue weighted by Gasteiger charge is 2.23. The molecular weight excluding hydrogens is 366 g/mol. The molecule has 0 aliphatic heterocycles. The van der Waals surface area contributed by atoms with Gasteiger partial charge in [-0.15, -0.1) is 0 Å². The Labute approximate surface area is 170 Å². The average molecular weight is 391 g/mol. The second-order valence-corrected chi connectivity index (χ2v) is 7.35. The van der Waals surface area contributed by atoms with E-state index in [-0.39, 0.29) is 12.6 Å². The summed E-state index contributed by atoms with van der Waals surface area (Å²) in [4.78, 5) is 18.0. The Morgan fingerprint density at radius 3 is 2.55 bits per heavy atom. The lowest BCUT2D eigenvalue weighted by molar-refractivity contribution is 0.0472. The van der Waals surface area contributed by atoms with Crippen molar-refractivity contribution in [1.82, 2.24) is 4.98 Å². The number of nitrogens with zero attached hydrogens (tertiary/aromatic N) is 1. The van der Waals surface area contributed by atoms with Gasteiger partial charge in [-0.1, -0.05) is 18.2 Å². The molecule has 5 heteroatoms. The van der Waals surface area contributed by atoms with Crippen LogP contribution < -0.4 is 9.47 Å². The minimum Gasteiger partial charge on any atom is -0.493 e. The summed E-state index contributed by atoms with van der Waals surface area (Å²) < 4.78 is 16.5. The molecule has 0 bridgehead atoms. The van der Waals surface area contributed by atoms with Crippen molar-refractivity contribution in [2.24, 2.45) is 0 Å². The quantitative estimate of drug-likeness (QED) is 0.585. The molecule has 0 fully saturated rings. The Balaban J connectivity index is 1.67. The van der Waals surface area contributed by atoms with Gasteiger partial charge in [0.2, 0.25) is 0 Å². The topological polar surface area (TPSA) is 57.7 Å². The zero-order valence-electron chi connectivity index (χ0n) is 17.1. The van der Waals surface area contributed by atoms with E-state index in [1.807, 2.05) is 43.3 Å². The first-order chi connectivity index (χ1) is 14.1. The van der Waals surface area contributed by atoms with Gasteiger partial charge in [-0.05, 0) is 67.5 Å². The first-order valence-electron chi connectivity index (χ1n) is 9.91. The van der Waals surface area contributed by atoms with Crippen molar-refractivity contribution in [3.05, 3.63) is 64.3 Å². The Morgan fingerprint density at radius 1 is 1.03 bits per heavy atom. The van der Waals surface area contributed by atoms with Crippen molar-refractivity contribution < 1.29 is 19.0 Å². The number of benzene rings is 2. The van der Waals surface area contributed by atoms with Crippen molar-refractivity contribution in [3.8, 4) is 11.5 Å². The molecule has 0 saturated heterocycles. The average Bonchev–Trinajstić information content (AvgIpc) is 2.76. The van der Waals surface area contributed by atoms with Crippen LogP contribution in [-0.2, 0) is 24.2 Å². The second-order valence-electron chi connectivity index (χ2n) is 7.35. The SMILES string of the molecule is COc1cc(C)c(COC(=O)c2c3c(nc4ccccc24)CCCC3)cc1OC. The van der Waals surface area contributed by atoms with Crippen LogP contribution in [0.3, 0.4) is 0 Å². The number of rotatable bonds is 5. The third kappa shape index (κ3) is 3.65. The summed E-state index contributed by atoms with van der Waals surface area (Å²) >= 11 is 0. The smallest absolute Gasteiger partial charge is 0.339 e. The number of hydrogen-bond acceptors (Lipinski definition) is 5. The van der Waals surface area contributed by atoms with Crippen molar-refractivity contribution in [3.63, 3.8) is 0 Å². The van der Waals surface area contributed by atoms with Crippen LogP contribution in [0.2, 0.25) is 0 Å². The van der Waals surface area contributed by atoms with Crippen LogP contribution in [0, 0.1) is 6.92 Å². The lowest BCUT2D eigenvalue weighted by Gasteiger charge is -2.20. The van der Waals surface area contributed by atoms with Crippen molar-refractivity contribution in [2.75, 3.05) is 14.2 Å². The molecule has 29 heavy (non-hydrogen) atoms. The highest BCUT2D eigenvalue weighted by Crippen LogP contribution is 2.32. The molecule has 1 aromatic heterocycles. The van der Waals surface area contributed by atoms with E-state index in [4.69, 9.17) is 19.2 Å². The third-order valence-corrected chi connectivity index (χ3v) is 5.57. The summed E-state index contributed by atoms with van der Waals surface area (Å²) in [6.45, 7) is 2.14. The maximum atomic E-state index is 13.2. The fourth-order valence-corrected chi connectivity index (χ4v) is 4.00. The number of aromatic nitrogens is 1. The van der Waals surface area contributed by atoms with Gasteiger partial charge >= 0.3 is 5.97 Å². The monoisotopic (exact) mass is 391 g/mol. The first kappa shape index (κ1) is 19.2. The summed E-state index contributed by atoms with van der Waals surface area (Å²) in [5.74, 6) is 0.987. The Hall–Kier alpha value is -3.08. The van der Waals surface area contributed by atoms with Crippen LogP contribution in [-0.4, -0.2) is 25.2 Å². The molecule has 2 aromatic carbocycles. The van der Waals surface area contributed by atoms with Gasteiger partial charge < -0.3 is 14.2 Å². The van der Waals surface area contributed by atoms with Crippen LogP contribution in [0.25, 0.3) is 10.9 Å². The summed E-state index contributed by atoms with van der Waals surface area (Å²) in [6.07, 6.45) is 3.96. The molecule has 5 nitrogen and oxygen atoms in total. The predicted molar refractivity (Wildman–Crippen MR) is 112 cm³/mol. The molecule has 0 atom stereocenters. The van der Waals surface area contributed by atoms with Crippen LogP contribution >= 0.6 is 0 Å². The number of methoxy groups -OCH3 is 2. The summed E-state index contributed by atoms with van der Waals surface area (Å²) in [5.41, 5.74) is 5.47. The number of ether oxygens (including phenoxy) is 3. The minimum absolute atomic E-state index is 0.177. The molecule has 0 N–H and O–H groups in total. The second kappa shape index (κ2) is 8.11. The number of aryl methyl sites for hydroxylation is 2. The zero-order valence-corrected chi connectivity index (χ0v) is 17.1. The summed E-state index contributed by atoms with van der Waals surface area (Å²) in [6, 6.07) is 11.6. The van der Waals surface area contributed by atoms with Gasteiger partial charge in [0.1, 0.15) is 6.61 Å². The first-order valence-corrected chi connectivity index (χ1v) is 9.91. The predicted octanol–water partition coefficient (Wildman–Crippen LogP) is 4.80. The van der Waals surface area contributed by atoms with Crippen molar-refractivity contribution in [2.45, 2.75) is 39.2 Å². The van der Waals surface area contributed by atoms with Crippen LogP contribution in [0.4, 0.5) is 0 Å². The standard InChI is InChI=1S/C24H25NO4/c1-15-12-21(27-2)22(28-3)13-16(15)14-29-24(26)23-17-8-4-6-10-19(17)25-20-11-7-5-9-18(20)23/h4,6,8,10,12-13H,5,7,9,11,14H2,1-3H3. The largest absolute Gasteiger partial charge is 0.493 e. The van der Waals surface area contributed by atoms with E-state index in [1.54, 1.807) is 14.2 Å². The lowest BCUT2D eigenvalue weighted by atomic mass is 9.90. The Kier molecular flexibility index (Phi) is 5.38. The van der Waals surface area contributed by atoms with E-state index in [0.29, 0.717) is 17.1 Å². The van der Waals surface area contributed by atoms with Crippen LogP contribution in [0.1, 0.15) is 45.6 Å². The maximum Gasteiger partial charge on any atom is 0.339 e. The minimum atomic E-state index is -0.295.